The molecule has 0 N–H and O–H groups in total. The minimum atomic E-state index is 0.0839. The van der Waals surface area contributed by atoms with Crippen molar-refractivity contribution in [3.8, 4) is 5.75 Å². The van der Waals surface area contributed by atoms with Crippen molar-refractivity contribution >= 4 is 17.4 Å². The predicted octanol–water partition coefficient (Wildman–Crippen LogP) is 3.70. The molecule has 0 fully saturated rings. The predicted molar refractivity (Wildman–Crippen MR) is 75.1 cm³/mol. The van der Waals surface area contributed by atoms with E-state index >= 15 is 0 Å². The molecule has 2 aromatic rings. The van der Waals surface area contributed by atoms with Crippen LogP contribution in [0.2, 0.25) is 5.02 Å². The van der Waals surface area contributed by atoms with Gasteiger partial charge in [-0.25, -0.2) is 0 Å². The number of halogens is 1. The van der Waals surface area contributed by atoms with Crippen molar-refractivity contribution in [3.05, 3.63) is 64.2 Å². The summed E-state index contributed by atoms with van der Waals surface area (Å²) in [5.41, 5.74) is 2.70. The van der Waals surface area contributed by atoms with Crippen molar-refractivity contribution in [2.24, 2.45) is 0 Å². The van der Waals surface area contributed by atoms with Gasteiger partial charge in [0.25, 0.3) is 0 Å². The van der Waals surface area contributed by atoms with Gasteiger partial charge >= 0.3 is 0 Å². The molecular weight excluding hydrogens is 260 g/mol. The average molecular weight is 273 g/mol. The number of hydrogen-bond acceptors (Lipinski definition) is 2. The van der Waals surface area contributed by atoms with E-state index in [-0.39, 0.29) is 5.78 Å². The second-order valence-corrected chi connectivity index (χ2v) is 5.05. The summed E-state index contributed by atoms with van der Waals surface area (Å²) in [5.74, 6) is 0.925. The van der Waals surface area contributed by atoms with Gasteiger partial charge in [0.1, 0.15) is 5.75 Å². The lowest BCUT2D eigenvalue weighted by molar-refractivity contribution is 0.0992. The Balaban J connectivity index is 1.90. The number of Topliss-reactive ketones (excluding diaryl/α,β-unsaturated/α-hetero) is 1. The molecule has 0 spiro atoms. The first kappa shape index (κ1) is 12.2. The highest BCUT2D eigenvalue weighted by molar-refractivity contribution is 6.30. The van der Waals surface area contributed by atoms with Crippen LogP contribution in [0.1, 0.15) is 21.5 Å². The van der Waals surface area contributed by atoms with Gasteiger partial charge in [0, 0.05) is 29.0 Å². The molecule has 0 aliphatic carbocycles. The maximum absolute atomic E-state index is 12.2. The van der Waals surface area contributed by atoms with Crippen LogP contribution >= 0.6 is 11.6 Å². The normalized spacial score (nSPS) is 12.9. The smallest absolute Gasteiger partial charge is 0.167 e. The first-order chi connectivity index (χ1) is 9.24. The zero-order valence-electron chi connectivity index (χ0n) is 10.4. The van der Waals surface area contributed by atoms with E-state index < -0.39 is 0 Å². The van der Waals surface area contributed by atoms with Gasteiger partial charge in [0.2, 0.25) is 0 Å². The van der Waals surface area contributed by atoms with Crippen LogP contribution in [0.4, 0.5) is 0 Å². The molecule has 2 aromatic carbocycles. The van der Waals surface area contributed by atoms with Gasteiger partial charge in [-0.3, -0.25) is 4.79 Å². The zero-order valence-corrected chi connectivity index (χ0v) is 11.1. The first-order valence-corrected chi connectivity index (χ1v) is 6.64. The van der Waals surface area contributed by atoms with Crippen molar-refractivity contribution in [2.45, 2.75) is 12.8 Å². The largest absolute Gasteiger partial charge is 0.493 e. The molecular formula is C16H13ClO2. The van der Waals surface area contributed by atoms with Gasteiger partial charge in [-0.05, 0) is 17.7 Å². The van der Waals surface area contributed by atoms with Gasteiger partial charge in [0.15, 0.2) is 5.78 Å². The van der Waals surface area contributed by atoms with E-state index in [1.54, 1.807) is 0 Å². The minimum Gasteiger partial charge on any atom is -0.493 e. The van der Waals surface area contributed by atoms with E-state index in [1.807, 2.05) is 42.5 Å². The monoisotopic (exact) mass is 272 g/mol. The lowest BCUT2D eigenvalue weighted by Gasteiger charge is -2.08. The summed E-state index contributed by atoms with van der Waals surface area (Å²) in [5, 5.41) is 0.667. The highest BCUT2D eigenvalue weighted by Crippen LogP contribution is 2.33. The molecule has 0 bridgehead atoms. The van der Waals surface area contributed by atoms with Crippen LogP contribution in [0.5, 0.6) is 5.75 Å². The lowest BCUT2D eigenvalue weighted by atomic mass is 10.00. The van der Waals surface area contributed by atoms with Crippen LogP contribution in [-0.4, -0.2) is 12.4 Å². The molecule has 0 aromatic heterocycles. The Hall–Kier alpha value is -1.80. The average Bonchev–Trinajstić information content (AvgIpc) is 2.88. The van der Waals surface area contributed by atoms with Gasteiger partial charge < -0.3 is 4.74 Å². The van der Waals surface area contributed by atoms with Crippen LogP contribution in [0.25, 0.3) is 0 Å². The van der Waals surface area contributed by atoms with E-state index in [4.69, 9.17) is 16.3 Å². The highest BCUT2D eigenvalue weighted by atomic mass is 35.5. The lowest BCUT2D eigenvalue weighted by Crippen LogP contribution is -2.04. The van der Waals surface area contributed by atoms with Gasteiger partial charge in [-0.2, -0.15) is 0 Å². The third-order valence-electron chi connectivity index (χ3n) is 3.27. The van der Waals surface area contributed by atoms with E-state index in [0.29, 0.717) is 23.6 Å². The summed E-state index contributed by atoms with van der Waals surface area (Å²) in [6.45, 7) is 0.669. The Labute approximate surface area is 117 Å². The molecule has 2 nitrogen and oxygen atoms in total. The van der Waals surface area contributed by atoms with E-state index in [2.05, 4.69) is 0 Å². The standard InChI is InChI=1S/C16H13ClO2/c17-14-8-12-6-7-19-16(12)13(9-14)10-15(18)11-4-2-1-3-5-11/h1-5,8-9H,6-7,10H2. The molecule has 3 rings (SSSR count). The van der Waals surface area contributed by atoms with Crippen molar-refractivity contribution in [3.63, 3.8) is 0 Å². The van der Waals surface area contributed by atoms with Crippen LogP contribution < -0.4 is 4.74 Å². The molecule has 0 saturated carbocycles. The molecule has 0 amide bonds. The SMILES string of the molecule is O=C(Cc1cc(Cl)cc2c1OCC2)c1ccccc1. The van der Waals surface area contributed by atoms with E-state index in [0.717, 1.165) is 23.3 Å². The number of rotatable bonds is 3. The molecule has 0 saturated heterocycles. The number of fused-ring (bicyclic) bond motifs is 1. The molecule has 0 radical (unpaired) electrons. The number of ketones is 1. The second kappa shape index (κ2) is 5.06. The number of hydrogen-bond donors (Lipinski definition) is 0. The molecule has 0 atom stereocenters. The van der Waals surface area contributed by atoms with Crippen LogP contribution in [0.3, 0.4) is 0 Å². The summed E-state index contributed by atoms with van der Waals surface area (Å²) < 4.78 is 5.61. The Morgan fingerprint density at radius 3 is 2.79 bits per heavy atom. The van der Waals surface area contributed by atoms with Crippen molar-refractivity contribution in [1.29, 1.82) is 0 Å². The van der Waals surface area contributed by atoms with Gasteiger partial charge in [-0.1, -0.05) is 41.9 Å². The number of carbonyl (C=O) groups is 1. The molecule has 1 aliphatic heterocycles. The van der Waals surface area contributed by atoms with Gasteiger partial charge in [0.05, 0.1) is 6.61 Å². The van der Waals surface area contributed by atoms with Crippen LogP contribution in [0.15, 0.2) is 42.5 Å². The summed E-state index contributed by atoms with van der Waals surface area (Å²) in [6, 6.07) is 13.0. The quantitative estimate of drug-likeness (QED) is 0.797. The minimum absolute atomic E-state index is 0.0839. The van der Waals surface area contributed by atoms with Crippen molar-refractivity contribution < 1.29 is 9.53 Å². The maximum Gasteiger partial charge on any atom is 0.167 e. The fourth-order valence-electron chi connectivity index (χ4n) is 2.38. The molecule has 19 heavy (non-hydrogen) atoms. The molecule has 96 valence electrons. The van der Waals surface area contributed by atoms with E-state index in [1.165, 1.54) is 0 Å². The summed E-state index contributed by atoms with van der Waals surface area (Å²) >= 11 is 6.09. The maximum atomic E-state index is 12.2. The Morgan fingerprint density at radius 2 is 2.00 bits per heavy atom. The first-order valence-electron chi connectivity index (χ1n) is 6.26. The van der Waals surface area contributed by atoms with Crippen LogP contribution in [-0.2, 0) is 12.8 Å². The zero-order chi connectivity index (χ0) is 13.2. The van der Waals surface area contributed by atoms with Crippen LogP contribution in [0, 0.1) is 0 Å². The molecule has 1 heterocycles. The second-order valence-electron chi connectivity index (χ2n) is 4.62. The summed E-state index contributed by atoms with van der Waals surface area (Å²) in [7, 11) is 0. The summed E-state index contributed by atoms with van der Waals surface area (Å²) in [6.07, 6.45) is 1.19. The molecule has 3 heteroatoms. The topological polar surface area (TPSA) is 26.3 Å². The summed E-state index contributed by atoms with van der Waals surface area (Å²) in [4.78, 5) is 12.2. The van der Waals surface area contributed by atoms with Gasteiger partial charge in [-0.15, -0.1) is 0 Å². The Morgan fingerprint density at radius 1 is 1.21 bits per heavy atom. The van der Waals surface area contributed by atoms with E-state index in [9.17, 15) is 4.79 Å². The van der Waals surface area contributed by atoms with Crippen molar-refractivity contribution in [1.82, 2.24) is 0 Å². The number of benzene rings is 2. The van der Waals surface area contributed by atoms with Crippen molar-refractivity contribution in [2.75, 3.05) is 6.61 Å². The third kappa shape index (κ3) is 2.49. The number of ether oxygens (including phenoxy) is 1. The third-order valence-corrected chi connectivity index (χ3v) is 3.49. The fourth-order valence-corrected chi connectivity index (χ4v) is 2.64. The fraction of sp³-hybridized carbons (Fsp3) is 0.188. The molecule has 0 unspecified atom stereocenters. The molecule has 1 aliphatic rings. The Kier molecular flexibility index (Phi) is 3.26. The number of carbonyl (C=O) groups excluding carboxylic acids is 1. The highest BCUT2D eigenvalue weighted by Gasteiger charge is 2.19. The Bertz CT molecular complexity index is 620.